The number of hydrazone groups is 1. The van der Waals surface area contributed by atoms with E-state index in [4.69, 9.17) is 9.47 Å². The number of hydrogen-bond acceptors (Lipinski definition) is 7. The lowest BCUT2D eigenvalue weighted by atomic mass is 10.2. The van der Waals surface area contributed by atoms with Gasteiger partial charge in [0.15, 0.2) is 11.5 Å². The fourth-order valence-corrected chi connectivity index (χ4v) is 2.17. The van der Waals surface area contributed by atoms with Gasteiger partial charge in [-0.15, -0.1) is 0 Å². The van der Waals surface area contributed by atoms with E-state index in [0.29, 0.717) is 17.4 Å². The van der Waals surface area contributed by atoms with Crippen LogP contribution in [0.25, 0.3) is 5.69 Å². The molecule has 3 aromatic rings. The van der Waals surface area contributed by atoms with Crippen LogP contribution < -0.4 is 14.9 Å². The Labute approximate surface area is 138 Å². The molecular weight excluding hydrogens is 308 g/mol. The predicted octanol–water partition coefficient (Wildman–Crippen LogP) is 2.13. The van der Waals surface area contributed by atoms with Crippen molar-refractivity contribution in [2.45, 2.75) is 0 Å². The zero-order valence-electron chi connectivity index (χ0n) is 13.2. The van der Waals surface area contributed by atoms with Crippen LogP contribution in [0.2, 0.25) is 0 Å². The normalized spacial score (nSPS) is 10.8. The Morgan fingerprint density at radius 3 is 2.62 bits per heavy atom. The van der Waals surface area contributed by atoms with Crippen LogP contribution in [-0.4, -0.2) is 40.6 Å². The molecule has 0 fully saturated rings. The first kappa shape index (κ1) is 15.5. The summed E-state index contributed by atoms with van der Waals surface area (Å²) < 4.78 is 12.2. The maximum atomic E-state index is 5.36. The van der Waals surface area contributed by atoms with Crippen molar-refractivity contribution in [2.75, 3.05) is 19.6 Å². The summed E-state index contributed by atoms with van der Waals surface area (Å²) in [5, 5.41) is 15.7. The molecule has 8 heteroatoms. The number of anilines is 1. The molecule has 0 aliphatic heterocycles. The molecule has 0 amide bonds. The maximum Gasteiger partial charge on any atom is 0.268 e. The second-order valence-electron chi connectivity index (χ2n) is 4.70. The van der Waals surface area contributed by atoms with E-state index in [9.17, 15) is 0 Å². The smallest absolute Gasteiger partial charge is 0.268 e. The number of aromatic nitrogens is 4. The van der Waals surface area contributed by atoms with E-state index in [1.165, 1.54) is 0 Å². The van der Waals surface area contributed by atoms with Gasteiger partial charge in [0.2, 0.25) is 0 Å². The third-order valence-electron chi connectivity index (χ3n) is 3.27. The Hall–Kier alpha value is -3.42. The minimum atomic E-state index is 0.402. The molecule has 8 nitrogen and oxygen atoms in total. The van der Waals surface area contributed by atoms with Crippen LogP contribution in [0, 0.1) is 0 Å². The van der Waals surface area contributed by atoms with Crippen LogP contribution in [0.1, 0.15) is 5.56 Å². The lowest BCUT2D eigenvalue weighted by Gasteiger charge is -2.09. The van der Waals surface area contributed by atoms with Crippen LogP contribution in [0.15, 0.2) is 53.6 Å². The molecule has 3 rings (SSSR count). The van der Waals surface area contributed by atoms with Gasteiger partial charge in [-0.3, -0.25) is 0 Å². The monoisotopic (exact) mass is 324 g/mol. The molecule has 0 aliphatic rings. The lowest BCUT2D eigenvalue weighted by molar-refractivity contribution is 0.354. The van der Waals surface area contributed by atoms with Gasteiger partial charge in [-0.2, -0.15) is 9.78 Å². The summed E-state index contributed by atoms with van der Waals surface area (Å²) in [5.74, 6) is 1.64. The Morgan fingerprint density at radius 1 is 1.04 bits per heavy atom. The average molecular weight is 324 g/mol. The molecule has 0 spiro atoms. The van der Waals surface area contributed by atoms with Crippen molar-refractivity contribution in [3.05, 3.63) is 54.1 Å². The molecule has 1 N–H and O–H groups in total. The topological polar surface area (TPSA) is 86.5 Å². The second-order valence-corrected chi connectivity index (χ2v) is 4.70. The van der Waals surface area contributed by atoms with Gasteiger partial charge >= 0.3 is 0 Å². The largest absolute Gasteiger partial charge is 0.493 e. The Morgan fingerprint density at radius 2 is 1.88 bits per heavy atom. The Bertz CT molecular complexity index is 832. The van der Waals surface area contributed by atoms with E-state index in [1.807, 2.05) is 48.5 Å². The third kappa shape index (κ3) is 3.17. The van der Waals surface area contributed by atoms with E-state index < -0.39 is 0 Å². The SMILES string of the molecule is COc1cccc(/C=N\Nc2nnnn2-c2ccccc2)c1OC. The van der Waals surface area contributed by atoms with Crippen molar-refractivity contribution >= 4 is 12.2 Å². The zero-order chi connectivity index (χ0) is 16.8. The molecule has 1 aromatic heterocycles. The fraction of sp³-hybridized carbons (Fsp3) is 0.125. The third-order valence-corrected chi connectivity index (χ3v) is 3.27. The van der Waals surface area contributed by atoms with Crippen molar-refractivity contribution in [3.8, 4) is 17.2 Å². The molecule has 0 aliphatic carbocycles. The fourth-order valence-electron chi connectivity index (χ4n) is 2.17. The van der Waals surface area contributed by atoms with Gasteiger partial charge in [0.05, 0.1) is 26.1 Å². The Kier molecular flexibility index (Phi) is 4.66. The van der Waals surface area contributed by atoms with E-state index in [2.05, 4.69) is 26.1 Å². The van der Waals surface area contributed by atoms with Gasteiger partial charge in [-0.1, -0.05) is 29.4 Å². The van der Waals surface area contributed by atoms with Crippen molar-refractivity contribution < 1.29 is 9.47 Å². The highest BCUT2D eigenvalue weighted by Crippen LogP contribution is 2.29. The number of para-hydroxylation sites is 2. The molecule has 2 aromatic carbocycles. The van der Waals surface area contributed by atoms with Gasteiger partial charge in [-0.05, 0) is 34.7 Å². The van der Waals surface area contributed by atoms with Crippen LogP contribution >= 0.6 is 0 Å². The maximum absolute atomic E-state index is 5.36. The van der Waals surface area contributed by atoms with Gasteiger partial charge in [0.1, 0.15) is 0 Å². The molecule has 24 heavy (non-hydrogen) atoms. The first-order valence-electron chi connectivity index (χ1n) is 7.17. The predicted molar refractivity (Wildman–Crippen MR) is 89.9 cm³/mol. The number of ether oxygens (including phenoxy) is 2. The van der Waals surface area contributed by atoms with Crippen LogP contribution in [0.4, 0.5) is 5.95 Å². The summed E-state index contributed by atoms with van der Waals surface area (Å²) in [6, 6.07) is 15.1. The molecule has 0 unspecified atom stereocenters. The molecule has 122 valence electrons. The van der Waals surface area contributed by atoms with E-state index in [1.54, 1.807) is 25.1 Å². The Balaban J connectivity index is 1.80. The average Bonchev–Trinajstić information content (AvgIpc) is 3.10. The number of tetrazole rings is 1. The number of methoxy groups -OCH3 is 2. The van der Waals surface area contributed by atoms with Crippen LogP contribution in [0.3, 0.4) is 0 Å². The summed E-state index contributed by atoms with van der Waals surface area (Å²) in [7, 11) is 3.17. The first-order chi connectivity index (χ1) is 11.8. The minimum Gasteiger partial charge on any atom is -0.493 e. The highest BCUT2D eigenvalue weighted by molar-refractivity contribution is 5.85. The molecule has 0 saturated carbocycles. The minimum absolute atomic E-state index is 0.402. The molecule has 0 radical (unpaired) electrons. The lowest BCUT2D eigenvalue weighted by Crippen LogP contribution is -2.03. The van der Waals surface area contributed by atoms with Gasteiger partial charge in [-0.25, -0.2) is 5.43 Å². The van der Waals surface area contributed by atoms with Crippen LogP contribution in [0.5, 0.6) is 11.5 Å². The van der Waals surface area contributed by atoms with E-state index in [0.717, 1.165) is 11.3 Å². The molecule has 0 atom stereocenters. The number of nitrogens with one attached hydrogen (secondary N) is 1. The van der Waals surface area contributed by atoms with Crippen molar-refractivity contribution in [1.29, 1.82) is 0 Å². The van der Waals surface area contributed by atoms with Crippen molar-refractivity contribution in [1.82, 2.24) is 20.2 Å². The molecule has 1 heterocycles. The van der Waals surface area contributed by atoms with Gasteiger partial charge in [0, 0.05) is 5.56 Å². The number of rotatable bonds is 6. The first-order valence-corrected chi connectivity index (χ1v) is 7.17. The number of nitrogens with zero attached hydrogens (tertiary/aromatic N) is 5. The van der Waals surface area contributed by atoms with Gasteiger partial charge < -0.3 is 9.47 Å². The number of benzene rings is 2. The molecule has 0 saturated heterocycles. The standard InChI is InChI=1S/C16H16N6O2/c1-23-14-10-6-7-12(15(14)24-2)11-17-18-16-19-20-21-22(16)13-8-4-3-5-9-13/h3-11H,1-2H3,(H,18,19,21)/b17-11-. The van der Waals surface area contributed by atoms with Crippen LogP contribution in [-0.2, 0) is 0 Å². The number of hydrogen-bond donors (Lipinski definition) is 1. The van der Waals surface area contributed by atoms with E-state index >= 15 is 0 Å². The molecule has 0 bridgehead atoms. The molecular formula is C16H16N6O2. The summed E-state index contributed by atoms with van der Waals surface area (Å²) in [6.45, 7) is 0. The summed E-state index contributed by atoms with van der Waals surface area (Å²) in [5.41, 5.74) is 4.43. The summed E-state index contributed by atoms with van der Waals surface area (Å²) in [6.07, 6.45) is 1.62. The summed E-state index contributed by atoms with van der Waals surface area (Å²) in [4.78, 5) is 0. The zero-order valence-corrected chi connectivity index (χ0v) is 13.2. The van der Waals surface area contributed by atoms with E-state index in [-0.39, 0.29) is 0 Å². The highest BCUT2D eigenvalue weighted by Gasteiger charge is 2.08. The van der Waals surface area contributed by atoms with Crippen molar-refractivity contribution in [2.24, 2.45) is 5.10 Å². The van der Waals surface area contributed by atoms with Gasteiger partial charge in [0.25, 0.3) is 5.95 Å². The highest BCUT2D eigenvalue weighted by atomic mass is 16.5. The summed E-state index contributed by atoms with van der Waals surface area (Å²) >= 11 is 0. The van der Waals surface area contributed by atoms with Crippen molar-refractivity contribution in [3.63, 3.8) is 0 Å². The quantitative estimate of drug-likeness (QED) is 0.552. The second kappa shape index (κ2) is 7.23.